The van der Waals surface area contributed by atoms with Gasteiger partial charge in [0.25, 0.3) is 0 Å². The minimum Gasteiger partial charge on any atom is -0.486 e. The van der Waals surface area contributed by atoms with E-state index in [1.807, 2.05) is 0 Å². The monoisotopic (exact) mass is 347 g/mol. The van der Waals surface area contributed by atoms with E-state index in [1.165, 1.54) is 6.07 Å². The molecule has 0 bridgehead atoms. The summed E-state index contributed by atoms with van der Waals surface area (Å²) in [6.07, 6.45) is 0. The second kappa shape index (κ2) is 5.75. The molecule has 0 aliphatic rings. The Morgan fingerprint density at radius 2 is 1.95 bits per heavy atom. The number of hydrogen-bond donors (Lipinski definition) is 1. The Morgan fingerprint density at radius 1 is 1.21 bits per heavy atom. The van der Waals surface area contributed by atoms with Crippen molar-refractivity contribution in [2.24, 2.45) is 0 Å². The van der Waals surface area contributed by atoms with Crippen molar-refractivity contribution in [1.82, 2.24) is 0 Å². The van der Waals surface area contributed by atoms with Crippen LogP contribution in [0, 0.1) is 11.6 Å². The Bertz CT molecular complexity index is 622. The third-order valence-corrected chi connectivity index (χ3v) is 3.14. The first-order valence-corrected chi connectivity index (χ1v) is 6.45. The second-order valence-electron chi connectivity index (χ2n) is 3.83. The lowest BCUT2D eigenvalue weighted by Crippen LogP contribution is -2.02. The predicted octanol–water partition coefficient (Wildman–Crippen LogP) is 4.54. The van der Waals surface area contributed by atoms with Crippen molar-refractivity contribution >= 4 is 33.2 Å². The van der Waals surface area contributed by atoms with E-state index >= 15 is 0 Å². The summed E-state index contributed by atoms with van der Waals surface area (Å²) in [7, 11) is 0. The van der Waals surface area contributed by atoms with Gasteiger partial charge in [-0.05, 0) is 30.3 Å². The van der Waals surface area contributed by atoms with Crippen LogP contribution in [0.15, 0.2) is 34.8 Å². The zero-order chi connectivity index (χ0) is 14.0. The van der Waals surface area contributed by atoms with E-state index in [1.54, 1.807) is 18.2 Å². The smallest absolute Gasteiger partial charge is 0.200 e. The molecule has 2 aromatic carbocycles. The number of hydrogen-bond acceptors (Lipinski definition) is 2. The van der Waals surface area contributed by atoms with Crippen LogP contribution in [0.3, 0.4) is 0 Å². The van der Waals surface area contributed by atoms with Crippen LogP contribution in [0.5, 0.6) is 5.75 Å². The van der Waals surface area contributed by atoms with Crippen LogP contribution in [0.1, 0.15) is 5.56 Å². The number of halogens is 4. The van der Waals surface area contributed by atoms with Crippen LogP contribution < -0.4 is 10.5 Å². The lowest BCUT2D eigenvalue weighted by atomic mass is 10.2. The van der Waals surface area contributed by atoms with Crippen LogP contribution in [0.25, 0.3) is 0 Å². The van der Waals surface area contributed by atoms with Crippen molar-refractivity contribution in [3.63, 3.8) is 0 Å². The Hall–Kier alpha value is -1.33. The highest BCUT2D eigenvalue weighted by Crippen LogP contribution is 2.27. The lowest BCUT2D eigenvalue weighted by Gasteiger charge is -2.10. The minimum atomic E-state index is -1.04. The third-order valence-electron chi connectivity index (χ3n) is 2.45. The molecule has 0 fully saturated rings. The molecule has 0 heterocycles. The van der Waals surface area contributed by atoms with Gasteiger partial charge in [0.2, 0.25) is 5.82 Å². The number of nitrogen functional groups attached to an aromatic ring is 1. The van der Waals surface area contributed by atoms with Gasteiger partial charge in [-0.15, -0.1) is 0 Å². The average Bonchev–Trinajstić information content (AvgIpc) is 2.35. The summed E-state index contributed by atoms with van der Waals surface area (Å²) in [4.78, 5) is 0. The van der Waals surface area contributed by atoms with Crippen LogP contribution in [-0.2, 0) is 6.61 Å². The van der Waals surface area contributed by atoms with Crippen molar-refractivity contribution in [1.29, 1.82) is 0 Å². The van der Waals surface area contributed by atoms with E-state index < -0.39 is 11.6 Å². The van der Waals surface area contributed by atoms with E-state index in [2.05, 4.69) is 15.9 Å². The molecule has 0 saturated carbocycles. The lowest BCUT2D eigenvalue weighted by molar-refractivity contribution is 0.285. The molecule has 2 N–H and O–H groups in total. The maximum atomic E-state index is 13.5. The van der Waals surface area contributed by atoms with Gasteiger partial charge in [0.1, 0.15) is 6.61 Å². The SMILES string of the molecule is Nc1ccc(Cl)cc1COc1cc(Br)cc(F)c1F. The van der Waals surface area contributed by atoms with Gasteiger partial charge in [-0.25, -0.2) is 4.39 Å². The highest BCUT2D eigenvalue weighted by Gasteiger charge is 2.12. The first kappa shape index (κ1) is 14.1. The van der Waals surface area contributed by atoms with Crippen molar-refractivity contribution in [3.05, 3.63) is 57.0 Å². The third kappa shape index (κ3) is 3.36. The molecule has 0 aliphatic heterocycles. The highest BCUT2D eigenvalue weighted by molar-refractivity contribution is 9.10. The molecule has 0 radical (unpaired) electrons. The summed E-state index contributed by atoms with van der Waals surface area (Å²) in [5.74, 6) is -2.21. The van der Waals surface area contributed by atoms with Gasteiger partial charge >= 0.3 is 0 Å². The van der Waals surface area contributed by atoms with Crippen molar-refractivity contribution in [2.75, 3.05) is 5.73 Å². The summed E-state index contributed by atoms with van der Waals surface area (Å²) in [6, 6.07) is 7.25. The molecule has 0 saturated heterocycles. The largest absolute Gasteiger partial charge is 0.486 e. The molecule has 0 aliphatic carbocycles. The number of nitrogens with two attached hydrogens (primary N) is 1. The first-order chi connectivity index (χ1) is 8.97. The van der Waals surface area contributed by atoms with Crippen molar-refractivity contribution in [2.45, 2.75) is 6.61 Å². The molecular weight excluding hydrogens is 340 g/mol. The van der Waals surface area contributed by atoms with Crippen LogP contribution in [0.2, 0.25) is 5.02 Å². The van der Waals surface area contributed by atoms with E-state index in [4.69, 9.17) is 22.1 Å². The average molecular weight is 349 g/mol. The molecule has 2 rings (SSSR count). The molecule has 100 valence electrons. The second-order valence-corrected chi connectivity index (χ2v) is 5.18. The fourth-order valence-corrected chi connectivity index (χ4v) is 2.10. The molecule has 19 heavy (non-hydrogen) atoms. The molecule has 2 aromatic rings. The van der Waals surface area contributed by atoms with Gasteiger partial charge in [0.05, 0.1) is 0 Å². The summed E-state index contributed by atoms with van der Waals surface area (Å²) in [5.41, 5.74) is 6.81. The summed E-state index contributed by atoms with van der Waals surface area (Å²) in [5, 5.41) is 0.494. The number of anilines is 1. The zero-order valence-electron chi connectivity index (χ0n) is 9.59. The van der Waals surface area contributed by atoms with Crippen molar-refractivity contribution < 1.29 is 13.5 Å². The van der Waals surface area contributed by atoms with Crippen LogP contribution in [-0.4, -0.2) is 0 Å². The van der Waals surface area contributed by atoms with Gasteiger partial charge in [0.15, 0.2) is 11.6 Å². The molecule has 0 spiro atoms. The van der Waals surface area contributed by atoms with Gasteiger partial charge in [0, 0.05) is 20.7 Å². The molecule has 0 aromatic heterocycles. The van der Waals surface area contributed by atoms with E-state index in [9.17, 15) is 8.78 Å². The quantitative estimate of drug-likeness (QED) is 0.653. The fourth-order valence-electron chi connectivity index (χ4n) is 1.49. The predicted molar refractivity (Wildman–Crippen MR) is 74.3 cm³/mol. The summed E-state index contributed by atoms with van der Waals surface area (Å²) >= 11 is 8.89. The number of rotatable bonds is 3. The Labute approximate surface area is 122 Å². The molecule has 0 amide bonds. The standard InChI is InChI=1S/C13H9BrClF2NO/c14-8-4-10(16)13(17)12(5-8)19-6-7-3-9(15)1-2-11(7)18/h1-5H,6,18H2. The molecular formula is C13H9BrClF2NO. The van der Waals surface area contributed by atoms with Crippen molar-refractivity contribution in [3.8, 4) is 5.75 Å². The summed E-state index contributed by atoms with van der Waals surface area (Å²) < 4.78 is 32.3. The normalized spacial score (nSPS) is 10.5. The summed E-state index contributed by atoms with van der Waals surface area (Å²) in [6.45, 7) is -0.000787. The van der Waals surface area contributed by atoms with Gasteiger partial charge < -0.3 is 10.5 Å². The molecule has 6 heteroatoms. The first-order valence-electron chi connectivity index (χ1n) is 5.28. The minimum absolute atomic E-state index is 0.000787. The van der Waals surface area contributed by atoms with E-state index in [-0.39, 0.29) is 12.4 Å². The van der Waals surface area contributed by atoms with E-state index in [0.29, 0.717) is 20.7 Å². The van der Waals surface area contributed by atoms with Crippen LogP contribution >= 0.6 is 27.5 Å². The zero-order valence-corrected chi connectivity index (χ0v) is 11.9. The molecule has 0 atom stereocenters. The van der Waals surface area contributed by atoms with Crippen LogP contribution in [0.4, 0.5) is 14.5 Å². The highest BCUT2D eigenvalue weighted by atomic mass is 79.9. The number of benzene rings is 2. The van der Waals surface area contributed by atoms with E-state index in [0.717, 1.165) is 6.07 Å². The fraction of sp³-hybridized carbons (Fsp3) is 0.0769. The van der Waals surface area contributed by atoms with Gasteiger partial charge in [-0.1, -0.05) is 27.5 Å². The molecule has 2 nitrogen and oxygen atoms in total. The van der Waals surface area contributed by atoms with Gasteiger partial charge in [-0.2, -0.15) is 4.39 Å². The molecule has 0 unspecified atom stereocenters. The Balaban J connectivity index is 2.21. The number of ether oxygens (including phenoxy) is 1. The topological polar surface area (TPSA) is 35.2 Å². The maximum Gasteiger partial charge on any atom is 0.200 e. The Kier molecular flexibility index (Phi) is 4.27. The Morgan fingerprint density at radius 3 is 2.68 bits per heavy atom. The maximum absolute atomic E-state index is 13.5. The van der Waals surface area contributed by atoms with Gasteiger partial charge in [-0.3, -0.25) is 0 Å².